The first-order chi connectivity index (χ1) is 7.91. The van der Waals surface area contributed by atoms with Crippen molar-refractivity contribution >= 4 is 16.8 Å². The fourth-order valence-electron chi connectivity index (χ4n) is 1.50. The first-order valence-electron chi connectivity index (χ1n) is 6.07. The molecule has 0 saturated carbocycles. The maximum Gasteiger partial charge on any atom is 0.245 e. The Labute approximate surface area is 110 Å². The van der Waals surface area contributed by atoms with Crippen LogP contribution in [0, 0.1) is 0 Å². The van der Waals surface area contributed by atoms with Crippen LogP contribution in [0.1, 0.15) is 53.4 Å². The lowest BCUT2D eigenvalue weighted by molar-refractivity contribution is -0.107. The molecular formula is C15H23ClO. The van der Waals surface area contributed by atoms with Crippen LogP contribution in [0.15, 0.2) is 34.9 Å². The van der Waals surface area contributed by atoms with Crippen molar-refractivity contribution in [1.29, 1.82) is 0 Å². The van der Waals surface area contributed by atoms with Crippen LogP contribution in [0.4, 0.5) is 0 Å². The summed E-state index contributed by atoms with van der Waals surface area (Å²) < 4.78 is 0. The minimum Gasteiger partial charge on any atom is -0.276 e. The number of carbonyl (C=O) groups is 1. The Morgan fingerprint density at radius 1 is 0.941 bits per heavy atom. The third-order valence-electron chi connectivity index (χ3n) is 2.48. The second kappa shape index (κ2) is 9.23. The van der Waals surface area contributed by atoms with Gasteiger partial charge in [-0.3, -0.25) is 4.79 Å². The molecule has 0 aromatic heterocycles. The molecule has 0 aliphatic carbocycles. The summed E-state index contributed by atoms with van der Waals surface area (Å²) in [6, 6.07) is 0. The first-order valence-corrected chi connectivity index (χ1v) is 6.45. The topological polar surface area (TPSA) is 17.1 Å². The normalized spacial score (nSPS) is 12.5. The Morgan fingerprint density at radius 2 is 1.47 bits per heavy atom. The van der Waals surface area contributed by atoms with Gasteiger partial charge in [0.2, 0.25) is 5.24 Å². The van der Waals surface area contributed by atoms with Crippen LogP contribution in [0.2, 0.25) is 0 Å². The highest BCUT2D eigenvalue weighted by molar-refractivity contribution is 6.66. The van der Waals surface area contributed by atoms with Crippen LogP contribution in [-0.4, -0.2) is 5.24 Å². The molecule has 0 N–H and O–H groups in total. The molecule has 0 unspecified atom stereocenters. The van der Waals surface area contributed by atoms with Gasteiger partial charge < -0.3 is 0 Å². The molecule has 0 heterocycles. The van der Waals surface area contributed by atoms with Crippen molar-refractivity contribution in [3.8, 4) is 0 Å². The van der Waals surface area contributed by atoms with Gasteiger partial charge in [-0.05, 0) is 71.1 Å². The molecule has 0 atom stereocenters. The Hall–Kier alpha value is -0.820. The van der Waals surface area contributed by atoms with Crippen molar-refractivity contribution in [2.75, 3.05) is 0 Å². The average Bonchev–Trinajstić information content (AvgIpc) is 2.15. The number of hydrogen-bond donors (Lipinski definition) is 0. The summed E-state index contributed by atoms with van der Waals surface area (Å²) >= 11 is 5.28. The van der Waals surface area contributed by atoms with Crippen LogP contribution in [0.3, 0.4) is 0 Å². The predicted octanol–water partition coefficient (Wildman–Crippen LogP) is 5.17. The molecule has 0 spiro atoms. The van der Waals surface area contributed by atoms with Crippen molar-refractivity contribution in [1.82, 2.24) is 0 Å². The van der Waals surface area contributed by atoms with E-state index in [2.05, 4.69) is 32.9 Å². The summed E-state index contributed by atoms with van der Waals surface area (Å²) in [6.07, 6.45) is 10.1. The minimum absolute atomic E-state index is 0.383. The maximum atomic E-state index is 10.6. The molecule has 0 fully saturated rings. The van der Waals surface area contributed by atoms with Crippen molar-refractivity contribution in [3.05, 3.63) is 34.9 Å². The molecule has 0 aromatic rings. The summed E-state index contributed by atoms with van der Waals surface area (Å²) in [5.74, 6) is 0. The summed E-state index contributed by atoms with van der Waals surface area (Å²) in [6.45, 7) is 8.34. The number of hydrogen-bond acceptors (Lipinski definition) is 1. The van der Waals surface area contributed by atoms with E-state index in [0.29, 0.717) is 0 Å². The monoisotopic (exact) mass is 254 g/mol. The standard InChI is InChI=1S/C15H23ClO/c1-12(2)7-5-8-13(3)9-6-10-14(4)11-15(16)17/h7,9,11H,5-6,8,10H2,1-4H3/b13-9+,14-11-. The van der Waals surface area contributed by atoms with Crippen LogP contribution in [-0.2, 0) is 4.79 Å². The van der Waals surface area contributed by atoms with Crippen molar-refractivity contribution < 1.29 is 4.79 Å². The largest absolute Gasteiger partial charge is 0.276 e. The second-order valence-corrected chi connectivity index (χ2v) is 5.08. The average molecular weight is 255 g/mol. The van der Waals surface area contributed by atoms with Gasteiger partial charge in [-0.25, -0.2) is 0 Å². The lowest BCUT2D eigenvalue weighted by atomic mass is 10.1. The molecule has 0 bridgehead atoms. The number of allylic oxidation sites excluding steroid dienone is 6. The van der Waals surface area contributed by atoms with Gasteiger partial charge in [0, 0.05) is 0 Å². The fourth-order valence-corrected chi connectivity index (χ4v) is 1.69. The fraction of sp³-hybridized carbons (Fsp3) is 0.533. The lowest BCUT2D eigenvalue weighted by Gasteiger charge is -2.00. The molecule has 1 nitrogen and oxygen atoms in total. The van der Waals surface area contributed by atoms with Crippen molar-refractivity contribution in [2.45, 2.75) is 53.4 Å². The van der Waals surface area contributed by atoms with Crippen LogP contribution >= 0.6 is 11.6 Å². The highest BCUT2D eigenvalue weighted by atomic mass is 35.5. The zero-order valence-electron chi connectivity index (χ0n) is 11.3. The van der Waals surface area contributed by atoms with E-state index in [4.69, 9.17) is 11.6 Å². The van der Waals surface area contributed by atoms with E-state index in [1.807, 2.05) is 6.92 Å². The van der Waals surface area contributed by atoms with E-state index in [1.165, 1.54) is 17.2 Å². The van der Waals surface area contributed by atoms with Gasteiger partial charge in [-0.1, -0.05) is 28.9 Å². The molecule has 2 heteroatoms. The first kappa shape index (κ1) is 16.2. The molecule has 0 saturated heterocycles. The molecule has 0 aromatic carbocycles. The molecule has 0 aliphatic rings. The summed E-state index contributed by atoms with van der Waals surface area (Å²) in [5.41, 5.74) is 3.82. The summed E-state index contributed by atoms with van der Waals surface area (Å²) in [5, 5.41) is -0.383. The highest BCUT2D eigenvalue weighted by Gasteiger charge is 1.94. The molecule has 0 radical (unpaired) electrons. The Morgan fingerprint density at radius 3 is 2.00 bits per heavy atom. The summed E-state index contributed by atoms with van der Waals surface area (Å²) in [7, 11) is 0. The third-order valence-corrected chi connectivity index (χ3v) is 2.59. The molecule has 0 rings (SSSR count). The van der Waals surface area contributed by atoms with Crippen LogP contribution in [0.25, 0.3) is 0 Å². The number of rotatable bonds is 7. The summed E-state index contributed by atoms with van der Waals surface area (Å²) in [4.78, 5) is 10.6. The van der Waals surface area contributed by atoms with Crippen molar-refractivity contribution in [3.63, 3.8) is 0 Å². The Kier molecular flexibility index (Phi) is 8.79. The zero-order chi connectivity index (χ0) is 13.3. The molecule has 0 aliphatic heterocycles. The van der Waals surface area contributed by atoms with Gasteiger partial charge in [0.15, 0.2) is 0 Å². The van der Waals surface area contributed by atoms with E-state index in [9.17, 15) is 4.79 Å². The SMILES string of the molecule is CC(C)=CCC/C(C)=C/CC/C(C)=C\C(=O)Cl. The molecule has 96 valence electrons. The van der Waals surface area contributed by atoms with Gasteiger partial charge in [0.05, 0.1) is 0 Å². The zero-order valence-corrected chi connectivity index (χ0v) is 12.1. The maximum absolute atomic E-state index is 10.6. The van der Waals surface area contributed by atoms with Gasteiger partial charge >= 0.3 is 0 Å². The number of carbonyl (C=O) groups excluding carboxylic acids is 1. The second-order valence-electron chi connectivity index (χ2n) is 4.70. The molecule has 17 heavy (non-hydrogen) atoms. The lowest BCUT2D eigenvalue weighted by Crippen LogP contribution is -1.83. The number of halogens is 1. The predicted molar refractivity (Wildman–Crippen MR) is 76.3 cm³/mol. The highest BCUT2D eigenvalue weighted by Crippen LogP contribution is 2.11. The molecule has 0 amide bonds. The smallest absolute Gasteiger partial charge is 0.245 e. The van der Waals surface area contributed by atoms with Gasteiger partial charge in [0.25, 0.3) is 0 Å². The quantitative estimate of drug-likeness (QED) is 0.348. The van der Waals surface area contributed by atoms with Gasteiger partial charge in [0.1, 0.15) is 0 Å². The Bertz CT molecular complexity index is 331. The van der Waals surface area contributed by atoms with E-state index in [-0.39, 0.29) is 5.24 Å². The van der Waals surface area contributed by atoms with Crippen LogP contribution in [0.5, 0.6) is 0 Å². The minimum atomic E-state index is -0.383. The van der Waals surface area contributed by atoms with E-state index < -0.39 is 0 Å². The molecular weight excluding hydrogens is 232 g/mol. The van der Waals surface area contributed by atoms with Gasteiger partial charge in [-0.15, -0.1) is 0 Å². The van der Waals surface area contributed by atoms with E-state index >= 15 is 0 Å². The Balaban J connectivity index is 3.92. The van der Waals surface area contributed by atoms with Crippen molar-refractivity contribution in [2.24, 2.45) is 0 Å². The third kappa shape index (κ3) is 11.4. The van der Waals surface area contributed by atoms with E-state index in [0.717, 1.165) is 31.3 Å². The van der Waals surface area contributed by atoms with E-state index in [1.54, 1.807) is 0 Å². The van der Waals surface area contributed by atoms with Gasteiger partial charge in [-0.2, -0.15) is 0 Å². The van der Waals surface area contributed by atoms with Crippen LogP contribution < -0.4 is 0 Å².